The quantitative estimate of drug-likeness (QED) is 0.426. The number of aryl methyl sites for hydroxylation is 1. The molecule has 0 unspecified atom stereocenters. The SMILES string of the molecule is Cc1nc2cnccc2n1-c1ccc(Oc2nccc3occc23)cc1Cl. The number of benzene rings is 1. The lowest BCUT2D eigenvalue weighted by molar-refractivity contribution is 0.468. The topological polar surface area (TPSA) is 66.0 Å². The van der Waals surface area contributed by atoms with Gasteiger partial charge in [0.15, 0.2) is 0 Å². The van der Waals surface area contributed by atoms with Crippen LogP contribution in [0.15, 0.2) is 65.7 Å². The summed E-state index contributed by atoms with van der Waals surface area (Å²) in [5.74, 6) is 1.90. The third-order valence-corrected chi connectivity index (χ3v) is 4.65. The number of hydrogen-bond acceptors (Lipinski definition) is 5. The third-order valence-electron chi connectivity index (χ3n) is 4.34. The molecular formula is C20H13ClN4O2. The van der Waals surface area contributed by atoms with E-state index in [2.05, 4.69) is 15.0 Å². The van der Waals surface area contributed by atoms with Gasteiger partial charge in [-0.2, -0.15) is 0 Å². The van der Waals surface area contributed by atoms with Gasteiger partial charge in [0.1, 0.15) is 22.7 Å². The molecule has 5 rings (SSSR count). The minimum atomic E-state index is 0.473. The Hall–Kier alpha value is -3.38. The lowest BCUT2D eigenvalue weighted by atomic mass is 10.2. The molecule has 0 amide bonds. The van der Waals surface area contributed by atoms with Gasteiger partial charge in [-0.1, -0.05) is 11.6 Å². The number of furan rings is 1. The first kappa shape index (κ1) is 15.8. The van der Waals surface area contributed by atoms with Gasteiger partial charge >= 0.3 is 0 Å². The van der Waals surface area contributed by atoms with Gasteiger partial charge in [-0.3, -0.25) is 9.55 Å². The van der Waals surface area contributed by atoms with Crippen molar-refractivity contribution >= 4 is 33.6 Å². The van der Waals surface area contributed by atoms with Crippen LogP contribution in [0.2, 0.25) is 5.02 Å². The molecule has 0 spiro atoms. The highest BCUT2D eigenvalue weighted by Gasteiger charge is 2.14. The third kappa shape index (κ3) is 2.62. The molecule has 6 nitrogen and oxygen atoms in total. The molecule has 132 valence electrons. The van der Waals surface area contributed by atoms with E-state index in [9.17, 15) is 0 Å². The summed E-state index contributed by atoms with van der Waals surface area (Å²) in [6, 6.07) is 11.1. The molecule has 0 bridgehead atoms. The van der Waals surface area contributed by atoms with Crippen molar-refractivity contribution < 1.29 is 9.15 Å². The van der Waals surface area contributed by atoms with Crippen LogP contribution in [0.3, 0.4) is 0 Å². The van der Waals surface area contributed by atoms with Crippen LogP contribution in [0.25, 0.3) is 27.7 Å². The van der Waals surface area contributed by atoms with Crippen LogP contribution in [0.1, 0.15) is 5.82 Å². The average Bonchev–Trinajstić information content (AvgIpc) is 3.26. The Morgan fingerprint density at radius 1 is 1.11 bits per heavy atom. The van der Waals surface area contributed by atoms with Crippen LogP contribution < -0.4 is 4.74 Å². The van der Waals surface area contributed by atoms with Crippen molar-refractivity contribution in [2.75, 3.05) is 0 Å². The van der Waals surface area contributed by atoms with Crippen LogP contribution in [-0.2, 0) is 0 Å². The number of hydrogen-bond donors (Lipinski definition) is 0. The number of imidazole rings is 1. The maximum Gasteiger partial charge on any atom is 0.230 e. The first-order valence-corrected chi connectivity index (χ1v) is 8.67. The summed E-state index contributed by atoms with van der Waals surface area (Å²) < 4.78 is 13.3. The van der Waals surface area contributed by atoms with Crippen molar-refractivity contribution in [3.05, 3.63) is 72.1 Å². The monoisotopic (exact) mass is 376 g/mol. The zero-order chi connectivity index (χ0) is 18.4. The minimum Gasteiger partial charge on any atom is -0.464 e. The molecule has 0 atom stereocenters. The van der Waals surface area contributed by atoms with Crippen molar-refractivity contribution in [3.63, 3.8) is 0 Å². The molecule has 0 aliphatic rings. The second-order valence-corrected chi connectivity index (χ2v) is 6.43. The predicted molar refractivity (Wildman–Crippen MR) is 103 cm³/mol. The second-order valence-electron chi connectivity index (χ2n) is 6.02. The summed E-state index contributed by atoms with van der Waals surface area (Å²) in [4.78, 5) is 12.9. The van der Waals surface area contributed by atoms with Crippen molar-refractivity contribution in [1.82, 2.24) is 19.5 Å². The summed E-state index contributed by atoms with van der Waals surface area (Å²) >= 11 is 6.57. The van der Waals surface area contributed by atoms with Gasteiger partial charge in [-0.25, -0.2) is 9.97 Å². The Balaban J connectivity index is 1.56. The Labute approximate surface area is 159 Å². The number of fused-ring (bicyclic) bond motifs is 2. The van der Waals surface area contributed by atoms with Crippen molar-refractivity contribution in [1.29, 1.82) is 0 Å². The van der Waals surface area contributed by atoms with E-state index < -0.39 is 0 Å². The first-order chi connectivity index (χ1) is 13.2. The molecular weight excluding hydrogens is 364 g/mol. The molecule has 4 aromatic heterocycles. The average molecular weight is 377 g/mol. The summed E-state index contributed by atoms with van der Waals surface area (Å²) in [7, 11) is 0. The predicted octanol–water partition coefficient (Wildman–Crippen LogP) is 5.32. The molecule has 0 N–H and O–H groups in total. The van der Waals surface area contributed by atoms with Crippen LogP contribution in [0, 0.1) is 6.92 Å². The highest BCUT2D eigenvalue weighted by molar-refractivity contribution is 6.32. The summed E-state index contributed by atoms with van der Waals surface area (Å²) in [6.07, 6.45) is 6.73. The fourth-order valence-corrected chi connectivity index (χ4v) is 3.41. The van der Waals surface area contributed by atoms with Crippen LogP contribution in [0.5, 0.6) is 11.6 Å². The van der Waals surface area contributed by atoms with Gasteiger partial charge in [0.05, 0.1) is 34.1 Å². The summed E-state index contributed by atoms with van der Waals surface area (Å²) in [5, 5.41) is 1.35. The van der Waals surface area contributed by atoms with Crippen molar-refractivity contribution in [2.45, 2.75) is 6.92 Å². The number of pyridine rings is 2. The smallest absolute Gasteiger partial charge is 0.230 e. The molecule has 0 aliphatic heterocycles. The van der Waals surface area contributed by atoms with Gasteiger partial charge < -0.3 is 9.15 Å². The lowest BCUT2D eigenvalue weighted by Gasteiger charge is -2.11. The normalized spacial score (nSPS) is 11.3. The van der Waals surface area contributed by atoms with Gasteiger partial charge in [-0.15, -0.1) is 0 Å². The first-order valence-electron chi connectivity index (χ1n) is 8.30. The van der Waals surface area contributed by atoms with Crippen LogP contribution in [-0.4, -0.2) is 19.5 Å². The van der Waals surface area contributed by atoms with E-state index in [1.165, 1.54) is 0 Å². The summed E-state index contributed by atoms with van der Waals surface area (Å²) in [5.41, 5.74) is 3.31. The second kappa shape index (κ2) is 6.10. The molecule has 5 aromatic rings. The van der Waals surface area contributed by atoms with E-state index in [4.69, 9.17) is 20.8 Å². The molecule has 7 heteroatoms. The van der Waals surface area contributed by atoms with Crippen LogP contribution in [0.4, 0.5) is 0 Å². The van der Waals surface area contributed by atoms with Crippen molar-refractivity contribution in [3.8, 4) is 17.3 Å². The molecule has 0 radical (unpaired) electrons. The number of ether oxygens (including phenoxy) is 1. The van der Waals surface area contributed by atoms with Crippen molar-refractivity contribution in [2.24, 2.45) is 0 Å². The van der Waals surface area contributed by atoms with Gasteiger partial charge in [0, 0.05) is 18.5 Å². The molecule has 1 aromatic carbocycles. The standard InChI is InChI=1S/C20H13ClN4O2/c1-12-24-16-11-22-7-4-18(16)25(12)17-3-2-13(10-15(17)21)27-20-14-6-9-26-19(14)5-8-23-20/h2-11H,1H3. The van der Waals surface area contributed by atoms with Gasteiger partial charge in [-0.05, 0) is 37.3 Å². The Morgan fingerprint density at radius 3 is 2.93 bits per heavy atom. The number of rotatable bonds is 3. The molecule has 4 heterocycles. The van der Waals surface area contributed by atoms with E-state index in [0.717, 1.165) is 33.5 Å². The molecule has 27 heavy (non-hydrogen) atoms. The van der Waals surface area contributed by atoms with E-state index in [-0.39, 0.29) is 0 Å². The maximum atomic E-state index is 6.57. The number of halogens is 1. The van der Waals surface area contributed by atoms with Crippen LogP contribution >= 0.6 is 11.6 Å². The number of aromatic nitrogens is 4. The zero-order valence-electron chi connectivity index (χ0n) is 14.3. The zero-order valence-corrected chi connectivity index (χ0v) is 15.0. The lowest BCUT2D eigenvalue weighted by Crippen LogP contribution is -1.98. The molecule has 0 aliphatic carbocycles. The Bertz CT molecular complexity index is 1290. The summed E-state index contributed by atoms with van der Waals surface area (Å²) in [6.45, 7) is 1.93. The molecule has 0 fully saturated rings. The highest BCUT2D eigenvalue weighted by atomic mass is 35.5. The largest absolute Gasteiger partial charge is 0.464 e. The van der Waals surface area contributed by atoms with Gasteiger partial charge in [0.25, 0.3) is 0 Å². The Morgan fingerprint density at radius 2 is 2.04 bits per heavy atom. The van der Waals surface area contributed by atoms with Gasteiger partial charge in [0.2, 0.25) is 5.88 Å². The molecule has 0 saturated heterocycles. The van der Waals surface area contributed by atoms with E-state index in [1.54, 1.807) is 37.0 Å². The number of nitrogens with zero attached hydrogens (tertiary/aromatic N) is 4. The van der Waals surface area contributed by atoms with E-state index in [0.29, 0.717) is 16.7 Å². The fraction of sp³-hybridized carbons (Fsp3) is 0.0500. The minimum absolute atomic E-state index is 0.473. The van der Waals surface area contributed by atoms with E-state index >= 15 is 0 Å². The maximum absolute atomic E-state index is 6.57. The fourth-order valence-electron chi connectivity index (χ4n) is 3.15. The molecule has 0 saturated carbocycles. The van der Waals surface area contributed by atoms with E-state index in [1.807, 2.05) is 35.8 Å². The highest BCUT2D eigenvalue weighted by Crippen LogP contribution is 2.33. The Kier molecular flexibility index (Phi) is 3.58.